The fraction of sp³-hybridized carbons (Fsp3) is 0.176. The van der Waals surface area contributed by atoms with Gasteiger partial charge in [0.25, 0.3) is 5.91 Å². The van der Waals surface area contributed by atoms with Crippen LogP contribution in [0.25, 0.3) is 0 Å². The molecule has 1 N–H and O–H groups in total. The predicted molar refractivity (Wildman–Crippen MR) is 89.8 cm³/mol. The van der Waals surface area contributed by atoms with Crippen molar-refractivity contribution in [2.75, 3.05) is 13.2 Å². The Hall–Kier alpha value is -2.18. The van der Waals surface area contributed by atoms with E-state index < -0.39 is 35.7 Å². The first-order chi connectivity index (χ1) is 11.9. The minimum absolute atomic E-state index is 0.267. The van der Waals surface area contributed by atoms with Crippen LogP contribution in [0, 0.1) is 11.6 Å². The second kappa shape index (κ2) is 8.78. The van der Waals surface area contributed by atoms with Gasteiger partial charge in [-0.25, -0.2) is 13.6 Å². The Kier molecular flexibility index (Phi) is 6.73. The molecule has 0 heterocycles. The van der Waals surface area contributed by atoms with E-state index in [0.717, 1.165) is 17.7 Å². The van der Waals surface area contributed by atoms with Gasteiger partial charge in [0.15, 0.2) is 6.61 Å². The van der Waals surface area contributed by atoms with Crippen LogP contribution in [0.3, 0.4) is 0 Å². The number of hydrogen-bond acceptors (Lipinski definition) is 3. The molecule has 0 spiro atoms. The third-order valence-corrected chi connectivity index (χ3v) is 3.80. The normalized spacial score (nSPS) is 10.4. The molecule has 0 atom stereocenters. The maximum absolute atomic E-state index is 13.4. The van der Waals surface area contributed by atoms with E-state index in [2.05, 4.69) is 5.32 Å². The number of benzene rings is 2. The molecule has 0 bridgehead atoms. The smallest absolute Gasteiger partial charge is 0.341 e. The number of rotatable bonds is 6. The molecule has 0 saturated carbocycles. The standard InChI is InChI=1S/C17H13Cl2F2NO3/c18-11-2-1-10(14(19)7-11)5-6-22-16(23)9-25-17(24)13-4-3-12(20)8-15(13)21/h1-4,7-8H,5-6,9H2,(H,22,23). The molecule has 4 nitrogen and oxygen atoms in total. The van der Waals surface area contributed by atoms with E-state index in [1.807, 2.05) is 0 Å². The molecule has 0 aliphatic carbocycles. The van der Waals surface area contributed by atoms with Crippen LogP contribution < -0.4 is 5.32 Å². The highest BCUT2D eigenvalue weighted by molar-refractivity contribution is 6.35. The van der Waals surface area contributed by atoms with E-state index >= 15 is 0 Å². The zero-order valence-electron chi connectivity index (χ0n) is 12.8. The molecule has 0 radical (unpaired) electrons. The lowest BCUT2D eigenvalue weighted by atomic mass is 10.1. The van der Waals surface area contributed by atoms with Crippen LogP contribution >= 0.6 is 23.2 Å². The lowest BCUT2D eigenvalue weighted by molar-refractivity contribution is -0.124. The number of esters is 1. The summed E-state index contributed by atoms with van der Waals surface area (Å²) in [6.07, 6.45) is 0.461. The fourth-order valence-electron chi connectivity index (χ4n) is 1.98. The molecule has 2 aromatic carbocycles. The number of ether oxygens (including phenoxy) is 1. The van der Waals surface area contributed by atoms with Gasteiger partial charge >= 0.3 is 5.97 Å². The summed E-state index contributed by atoms with van der Waals surface area (Å²) in [7, 11) is 0. The number of halogens is 4. The predicted octanol–water partition coefficient (Wildman–Crippen LogP) is 3.79. The van der Waals surface area contributed by atoms with E-state index in [0.29, 0.717) is 22.5 Å². The molecular weight excluding hydrogens is 375 g/mol. The van der Waals surface area contributed by atoms with E-state index in [1.54, 1.807) is 18.2 Å². The van der Waals surface area contributed by atoms with Gasteiger partial charge in [-0.15, -0.1) is 0 Å². The second-order valence-corrected chi connectivity index (χ2v) is 5.88. The summed E-state index contributed by atoms with van der Waals surface area (Å²) in [5.41, 5.74) is 0.360. The topological polar surface area (TPSA) is 55.4 Å². The van der Waals surface area contributed by atoms with Crippen molar-refractivity contribution in [1.82, 2.24) is 5.32 Å². The number of nitrogens with one attached hydrogen (secondary N) is 1. The number of hydrogen-bond donors (Lipinski definition) is 1. The van der Waals surface area contributed by atoms with Crippen molar-refractivity contribution in [3.8, 4) is 0 Å². The second-order valence-electron chi connectivity index (χ2n) is 5.04. The molecule has 132 valence electrons. The maximum atomic E-state index is 13.4. The molecule has 2 rings (SSSR count). The largest absolute Gasteiger partial charge is 0.452 e. The molecule has 1 amide bonds. The van der Waals surface area contributed by atoms with E-state index in [-0.39, 0.29) is 6.54 Å². The van der Waals surface area contributed by atoms with Gasteiger partial charge in [0.2, 0.25) is 0 Å². The van der Waals surface area contributed by atoms with Crippen LogP contribution in [0.15, 0.2) is 36.4 Å². The number of amides is 1. The van der Waals surface area contributed by atoms with Crippen molar-refractivity contribution < 1.29 is 23.1 Å². The van der Waals surface area contributed by atoms with Crippen LogP contribution in [0.4, 0.5) is 8.78 Å². The summed E-state index contributed by atoms with van der Waals surface area (Å²) in [6.45, 7) is -0.313. The molecule has 25 heavy (non-hydrogen) atoms. The highest BCUT2D eigenvalue weighted by atomic mass is 35.5. The number of carbonyl (C=O) groups is 2. The zero-order valence-corrected chi connectivity index (χ0v) is 14.3. The molecule has 2 aromatic rings. The molecule has 0 aromatic heterocycles. The summed E-state index contributed by atoms with van der Waals surface area (Å²) in [4.78, 5) is 23.3. The SMILES string of the molecule is O=C(COC(=O)c1ccc(F)cc1F)NCCc1ccc(Cl)cc1Cl. The van der Waals surface area contributed by atoms with Crippen molar-refractivity contribution in [3.05, 3.63) is 69.2 Å². The van der Waals surface area contributed by atoms with Gasteiger partial charge in [-0.1, -0.05) is 29.3 Å². The lowest BCUT2D eigenvalue weighted by Gasteiger charge is -2.08. The highest BCUT2D eigenvalue weighted by Crippen LogP contribution is 2.21. The molecular formula is C17H13Cl2F2NO3. The van der Waals surface area contributed by atoms with Gasteiger partial charge < -0.3 is 10.1 Å². The Morgan fingerprint density at radius 2 is 1.84 bits per heavy atom. The first kappa shape index (κ1) is 19.1. The summed E-state index contributed by atoms with van der Waals surface area (Å²) in [5.74, 6) is -3.47. The van der Waals surface area contributed by atoms with Gasteiger partial charge in [-0.3, -0.25) is 4.79 Å². The van der Waals surface area contributed by atoms with E-state index in [4.69, 9.17) is 27.9 Å². The average molecular weight is 388 g/mol. The Morgan fingerprint density at radius 3 is 2.52 bits per heavy atom. The summed E-state index contributed by atoms with van der Waals surface area (Å²) >= 11 is 11.8. The Balaban J connectivity index is 1.77. The minimum Gasteiger partial charge on any atom is -0.452 e. The van der Waals surface area contributed by atoms with E-state index in [1.165, 1.54) is 0 Å². The summed E-state index contributed by atoms with van der Waals surface area (Å²) < 4.78 is 30.9. The monoisotopic (exact) mass is 387 g/mol. The first-order valence-electron chi connectivity index (χ1n) is 7.19. The van der Waals surface area contributed by atoms with Crippen LogP contribution in [0.1, 0.15) is 15.9 Å². The average Bonchev–Trinajstić information content (AvgIpc) is 2.54. The Labute approximate surface area is 152 Å². The van der Waals surface area contributed by atoms with Gasteiger partial charge in [-0.05, 0) is 36.2 Å². The Bertz CT molecular complexity index is 799. The minimum atomic E-state index is -1.05. The third-order valence-electron chi connectivity index (χ3n) is 3.22. The van der Waals surface area contributed by atoms with Crippen molar-refractivity contribution in [2.24, 2.45) is 0 Å². The highest BCUT2D eigenvalue weighted by Gasteiger charge is 2.15. The molecule has 0 aliphatic heterocycles. The molecule has 0 saturated heterocycles. The van der Waals surface area contributed by atoms with Gasteiger partial charge in [0, 0.05) is 22.7 Å². The lowest BCUT2D eigenvalue weighted by Crippen LogP contribution is -2.30. The van der Waals surface area contributed by atoms with Crippen molar-refractivity contribution in [2.45, 2.75) is 6.42 Å². The molecule has 0 unspecified atom stereocenters. The molecule has 0 aliphatic rings. The maximum Gasteiger partial charge on any atom is 0.341 e. The van der Waals surface area contributed by atoms with Crippen LogP contribution in [-0.4, -0.2) is 25.0 Å². The quantitative estimate of drug-likeness (QED) is 0.767. The van der Waals surface area contributed by atoms with Gasteiger partial charge in [0.1, 0.15) is 11.6 Å². The summed E-state index contributed by atoms with van der Waals surface area (Å²) in [5, 5.41) is 3.54. The van der Waals surface area contributed by atoms with Gasteiger partial charge in [-0.2, -0.15) is 0 Å². The van der Waals surface area contributed by atoms with Crippen molar-refractivity contribution in [3.63, 3.8) is 0 Å². The third kappa shape index (κ3) is 5.69. The van der Waals surface area contributed by atoms with Crippen LogP contribution in [-0.2, 0) is 16.0 Å². The fourth-order valence-corrected chi connectivity index (χ4v) is 2.48. The van der Waals surface area contributed by atoms with Crippen LogP contribution in [0.5, 0.6) is 0 Å². The van der Waals surface area contributed by atoms with Gasteiger partial charge in [0.05, 0.1) is 5.56 Å². The van der Waals surface area contributed by atoms with Crippen molar-refractivity contribution in [1.29, 1.82) is 0 Å². The molecule has 0 fully saturated rings. The van der Waals surface area contributed by atoms with Crippen molar-refractivity contribution >= 4 is 35.1 Å². The summed E-state index contributed by atoms with van der Waals surface area (Å²) in [6, 6.07) is 7.46. The Morgan fingerprint density at radius 1 is 1.08 bits per heavy atom. The van der Waals surface area contributed by atoms with Crippen LogP contribution in [0.2, 0.25) is 10.0 Å². The number of carbonyl (C=O) groups excluding carboxylic acids is 2. The first-order valence-corrected chi connectivity index (χ1v) is 7.95. The zero-order chi connectivity index (χ0) is 18.4. The van der Waals surface area contributed by atoms with E-state index in [9.17, 15) is 18.4 Å². The molecule has 8 heteroatoms.